The molecule has 22 nitrogen and oxygen atoms in total. The lowest BCUT2D eigenvalue weighted by Gasteiger charge is -2.30. The minimum atomic E-state index is -4.75. The third-order valence-corrected chi connectivity index (χ3v) is 21.9. The molecule has 2 unspecified atom stereocenters. The van der Waals surface area contributed by atoms with Crippen molar-refractivity contribution in [3.63, 3.8) is 0 Å². The van der Waals surface area contributed by atoms with E-state index in [0.29, 0.717) is 95.8 Å². The van der Waals surface area contributed by atoms with Crippen LogP contribution in [-0.2, 0) is 75.0 Å². The number of hydrogen-bond acceptors (Lipinski definition) is 16. The fourth-order valence-electron chi connectivity index (χ4n) is 11.7. The van der Waals surface area contributed by atoms with Crippen molar-refractivity contribution < 1.29 is 89.8 Å². The average Bonchev–Trinajstić information content (AvgIpc) is 1.62. The van der Waals surface area contributed by atoms with Gasteiger partial charge in [0.1, 0.15) is 12.3 Å². The molecule has 0 saturated carbocycles. The van der Waals surface area contributed by atoms with Crippen LogP contribution in [0.1, 0.15) is 110 Å². The van der Waals surface area contributed by atoms with E-state index in [1.54, 1.807) is 63.5 Å². The number of benzene rings is 5. The summed E-state index contributed by atoms with van der Waals surface area (Å²) in [5.74, 6) is -2.17. The van der Waals surface area contributed by atoms with Crippen LogP contribution in [-0.4, -0.2) is 158 Å². The number of nitrogens with zero attached hydrogens (tertiary/aromatic N) is 2. The Morgan fingerprint density at radius 3 is 1.79 bits per heavy atom. The zero-order chi connectivity index (χ0) is 66.2. The first-order valence-electron chi connectivity index (χ1n) is 29.6. The summed E-state index contributed by atoms with van der Waals surface area (Å²) in [5, 5.41) is 5.53. The highest BCUT2D eigenvalue weighted by Gasteiger charge is 2.49. The Morgan fingerprint density at radius 1 is 0.626 bits per heavy atom. The lowest BCUT2D eigenvalue weighted by atomic mass is 9.75. The number of carbonyl (C=O) groups excluding carboxylic acids is 3. The number of unbranched alkanes of at least 4 members (excludes halogenated alkanes) is 2. The lowest BCUT2D eigenvalue weighted by Crippen LogP contribution is -2.32. The van der Waals surface area contributed by atoms with Crippen LogP contribution in [0.25, 0.3) is 0 Å². The highest BCUT2D eigenvalue weighted by atomic mass is 32.2. The number of nitrogens with one attached hydrogen (secondary N) is 1. The molecule has 91 heavy (non-hydrogen) atoms. The molecule has 0 aromatic heterocycles. The normalized spacial score (nSPS) is 17.3. The van der Waals surface area contributed by atoms with Gasteiger partial charge in [0, 0.05) is 84.8 Å². The van der Waals surface area contributed by atoms with Crippen molar-refractivity contribution in [2.24, 2.45) is 0 Å². The maximum Gasteiger partial charge on any atom is 0.338 e. The molecule has 2 heterocycles. The number of fused-ring (bicyclic) bond motifs is 2. The Hall–Kier alpha value is -6.39. The van der Waals surface area contributed by atoms with Crippen LogP contribution in [0.5, 0.6) is 0 Å². The summed E-state index contributed by atoms with van der Waals surface area (Å²) in [6, 6.07) is 32.6. The summed E-state index contributed by atoms with van der Waals surface area (Å²) in [6.07, 6.45) is 7.50. The van der Waals surface area contributed by atoms with Gasteiger partial charge in [-0.25, -0.2) is 4.79 Å². The molecule has 1 amide bonds. The predicted octanol–water partition coefficient (Wildman–Crippen LogP) is 7.65. The predicted molar refractivity (Wildman–Crippen MR) is 348 cm³/mol. The monoisotopic (exact) mass is 1350 g/mol. The molecule has 5 aromatic carbocycles. The van der Waals surface area contributed by atoms with Crippen LogP contribution in [0, 0.1) is 0 Å². The molecule has 27 heteroatoms. The van der Waals surface area contributed by atoms with E-state index in [-0.39, 0.29) is 83.1 Å². The first kappa shape index (κ1) is 72.0. The summed E-state index contributed by atoms with van der Waals surface area (Å²) in [4.78, 5) is 41.2. The summed E-state index contributed by atoms with van der Waals surface area (Å²) in [7, 11) is -16.8. The lowest BCUT2D eigenvalue weighted by molar-refractivity contribution is -0.438. The van der Waals surface area contributed by atoms with E-state index in [2.05, 4.69) is 5.32 Å². The van der Waals surface area contributed by atoms with Gasteiger partial charge in [-0.15, -0.1) is 0 Å². The molecule has 5 aromatic rings. The molecule has 2 atom stereocenters. The Labute approximate surface area is 534 Å². The first-order chi connectivity index (χ1) is 43.1. The summed E-state index contributed by atoms with van der Waals surface area (Å²) >= 11 is 0. The molecule has 492 valence electrons. The third kappa shape index (κ3) is 19.4. The molecule has 7 rings (SSSR count). The number of ketones is 1. The van der Waals surface area contributed by atoms with Crippen LogP contribution in [0.3, 0.4) is 0 Å². The summed E-state index contributed by atoms with van der Waals surface area (Å²) < 4.78 is 163. The Balaban J connectivity index is 1.12. The zero-order valence-corrected chi connectivity index (χ0v) is 55.4. The smallest absolute Gasteiger partial charge is 0.338 e. The minimum Gasteiger partial charge on any atom is -0.465 e. The van der Waals surface area contributed by atoms with Gasteiger partial charge in [0.25, 0.3) is 46.4 Å². The number of esters is 1. The number of methoxy groups -OCH3 is 2. The van der Waals surface area contributed by atoms with Crippen molar-refractivity contribution in [1.82, 2.24) is 5.32 Å². The fraction of sp³-hybridized carbons (Fsp3) is 0.406. The number of anilines is 1. The maximum absolute atomic E-state index is 13.7. The number of carbonyl (C=O) groups is 3. The summed E-state index contributed by atoms with van der Waals surface area (Å²) in [6.45, 7) is 5.60. The van der Waals surface area contributed by atoms with E-state index in [0.717, 1.165) is 10.6 Å². The minimum absolute atomic E-state index is 0.0185. The van der Waals surface area contributed by atoms with Crippen LogP contribution in [0.2, 0.25) is 0 Å². The van der Waals surface area contributed by atoms with Gasteiger partial charge in [0.15, 0.2) is 5.71 Å². The van der Waals surface area contributed by atoms with E-state index in [9.17, 15) is 66.3 Å². The van der Waals surface area contributed by atoms with Crippen molar-refractivity contribution >= 4 is 99.1 Å². The van der Waals surface area contributed by atoms with Gasteiger partial charge >= 0.3 is 5.97 Å². The molecular weight excluding hydrogens is 1270 g/mol. The number of ether oxygens (including phenoxy) is 4. The fourth-order valence-corrected chi connectivity index (χ4v) is 16.2. The Bertz CT molecular complexity index is 3940. The average molecular weight is 1350 g/mol. The highest BCUT2D eigenvalue weighted by molar-refractivity contribution is 7.86. The van der Waals surface area contributed by atoms with Gasteiger partial charge in [-0.1, -0.05) is 66.7 Å². The second-order valence-electron chi connectivity index (χ2n) is 22.5. The summed E-state index contributed by atoms with van der Waals surface area (Å²) in [5.41, 5.74) is 1.36. The molecule has 0 bridgehead atoms. The van der Waals surface area contributed by atoms with Gasteiger partial charge in [-0.3, -0.25) is 27.8 Å². The van der Waals surface area contributed by atoms with Gasteiger partial charge < -0.3 is 29.2 Å². The molecule has 5 N–H and O–H groups in total. The van der Waals surface area contributed by atoms with E-state index in [1.165, 1.54) is 37.4 Å². The number of Topliss-reactive ketones (excluding diaryl/α,β-unsaturated/α-hetero) is 1. The van der Waals surface area contributed by atoms with Crippen molar-refractivity contribution in [3.8, 4) is 0 Å². The molecule has 0 saturated heterocycles. The van der Waals surface area contributed by atoms with Gasteiger partial charge in [-0.2, -0.15) is 38.2 Å². The van der Waals surface area contributed by atoms with Crippen LogP contribution in [0.4, 0.5) is 11.4 Å². The van der Waals surface area contributed by atoms with Gasteiger partial charge in [0.2, 0.25) is 5.69 Å². The standard InChI is InChI=1S/C64H78N3O19PS4/c1-63(32-16-42-88(71,72)73)54-45-51(90(77,78)79)27-30-56(54)66(59(63)24-14-25-60-64(2,33-17-43-89(74,75)76)55-46-52(91(80,81)82)28-31-57(55)67(60)36-37-85-40-41-86-39-38-83-3)35-13-7-8-18-48(68)19-15-34-65-61(69)47-26-29-53(62(70)84-4)58(44-47)87(49-20-9-5-10-21-49)50-22-11-6-12-23-50/h5-6,9-12,14,20-31,44-46H,7-8,13,15-19,32-43H2,1-4H3,(H4-,65,69,71,72,73,74,75,76,77,78,79,80,81,82)/p+1. The topological polar surface area (TPSA) is 324 Å². The van der Waals surface area contributed by atoms with E-state index < -0.39 is 86.5 Å². The molecule has 0 fully saturated rings. The second-order valence-corrected chi connectivity index (χ2v) is 30.7. The van der Waals surface area contributed by atoms with Gasteiger partial charge in [0.05, 0.1) is 72.4 Å². The van der Waals surface area contributed by atoms with Crippen LogP contribution in [0.15, 0.2) is 149 Å². The Kier molecular flexibility index (Phi) is 25.3. The van der Waals surface area contributed by atoms with E-state index in [1.807, 2.05) is 70.1 Å². The largest absolute Gasteiger partial charge is 0.465 e. The van der Waals surface area contributed by atoms with E-state index in [4.69, 9.17) is 18.9 Å². The number of allylic oxidation sites excluding steroid dienone is 4. The van der Waals surface area contributed by atoms with E-state index >= 15 is 0 Å². The molecule has 0 radical (unpaired) electrons. The maximum atomic E-state index is 13.7. The molecule has 2 aliphatic rings. The van der Waals surface area contributed by atoms with Gasteiger partial charge in [-0.05, 0) is 137 Å². The molecular formula is C64H79N3O19PS4+. The van der Waals surface area contributed by atoms with Crippen LogP contribution >= 0.6 is 7.92 Å². The quantitative estimate of drug-likeness (QED) is 0.00845. The highest BCUT2D eigenvalue weighted by Crippen LogP contribution is 2.52. The number of rotatable bonds is 36. The van der Waals surface area contributed by atoms with Crippen molar-refractivity contribution in [3.05, 3.63) is 161 Å². The molecule has 0 spiro atoms. The van der Waals surface area contributed by atoms with Crippen molar-refractivity contribution in [1.29, 1.82) is 0 Å². The third-order valence-electron chi connectivity index (χ3n) is 16.1. The zero-order valence-electron chi connectivity index (χ0n) is 51.2. The number of amides is 1. The Morgan fingerprint density at radius 2 is 1.20 bits per heavy atom. The SMILES string of the molecule is COCCOCCOCCN1C(=CC=CC2=[N+](CCCCCC(=O)CCCNC(=O)c3ccc(C(=O)OC)c(P(c4ccccc4)c4ccccc4)c3)c3ccc(S(=O)(=O)O)cc3C2(C)CCCS(=O)(=O)O)C(C)(CCCS(=O)(=O)O)c2cc(S(=O)(=O)O)ccc21. The van der Waals surface area contributed by atoms with Crippen molar-refractivity contribution in [2.45, 2.75) is 98.7 Å². The first-order valence-corrected chi connectivity index (χ1v) is 37.1. The number of hydrogen-bond donors (Lipinski definition) is 5. The van der Waals surface area contributed by atoms with Crippen molar-refractivity contribution in [2.75, 3.05) is 83.3 Å². The van der Waals surface area contributed by atoms with Crippen LogP contribution < -0.4 is 26.1 Å². The molecule has 0 aliphatic carbocycles. The second kappa shape index (κ2) is 32.0. The molecule has 2 aliphatic heterocycles.